The van der Waals surface area contributed by atoms with Crippen LogP contribution >= 0.6 is 0 Å². The van der Waals surface area contributed by atoms with Crippen LogP contribution in [0.5, 0.6) is 0 Å². The van der Waals surface area contributed by atoms with Crippen LogP contribution in [-0.4, -0.2) is 55.0 Å². The molecule has 0 aromatic carbocycles. The highest BCUT2D eigenvalue weighted by atomic mass is 16.2. The third-order valence-electron chi connectivity index (χ3n) is 4.62. The van der Waals surface area contributed by atoms with E-state index in [0.717, 1.165) is 39.0 Å². The van der Waals surface area contributed by atoms with Crippen molar-refractivity contribution in [2.45, 2.75) is 39.2 Å². The van der Waals surface area contributed by atoms with E-state index in [9.17, 15) is 4.79 Å². The molecule has 0 spiro atoms. The molecular formula is C14H27N3O. The van der Waals surface area contributed by atoms with E-state index in [2.05, 4.69) is 25.8 Å². The number of hydrogen-bond acceptors (Lipinski definition) is 3. The second-order valence-corrected chi connectivity index (χ2v) is 6.82. The minimum absolute atomic E-state index is 0.0559. The average molecular weight is 253 g/mol. The molecule has 4 nitrogen and oxygen atoms in total. The van der Waals surface area contributed by atoms with Gasteiger partial charge in [-0.1, -0.05) is 13.8 Å². The molecule has 0 radical (unpaired) electrons. The molecule has 0 bridgehead atoms. The van der Waals surface area contributed by atoms with Gasteiger partial charge in [0, 0.05) is 32.1 Å². The fourth-order valence-electron chi connectivity index (χ4n) is 3.16. The van der Waals surface area contributed by atoms with Crippen molar-refractivity contribution in [2.24, 2.45) is 17.1 Å². The summed E-state index contributed by atoms with van der Waals surface area (Å²) in [6, 6.07) is 0.221. The summed E-state index contributed by atoms with van der Waals surface area (Å²) in [4.78, 5) is 16.7. The van der Waals surface area contributed by atoms with Crippen molar-refractivity contribution in [3.8, 4) is 0 Å². The van der Waals surface area contributed by atoms with Gasteiger partial charge in [-0.15, -0.1) is 0 Å². The topological polar surface area (TPSA) is 49.6 Å². The van der Waals surface area contributed by atoms with E-state index in [-0.39, 0.29) is 11.5 Å². The van der Waals surface area contributed by atoms with Crippen molar-refractivity contribution >= 4 is 5.91 Å². The van der Waals surface area contributed by atoms with Gasteiger partial charge in [0.1, 0.15) is 0 Å². The summed E-state index contributed by atoms with van der Waals surface area (Å²) in [5, 5.41) is 0. The first-order valence-corrected chi connectivity index (χ1v) is 7.10. The number of likely N-dealkylation sites (tertiary alicyclic amines) is 2. The molecule has 4 heteroatoms. The van der Waals surface area contributed by atoms with Crippen molar-refractivity contribution in [1.29, 1.82) is 0 Å². The van der Waals surface area contributed by atoms with Gasteiger partial charge in [0.05, 0.1) is 0 Å². The quantitative estimate of drug-likeness (QED) is 0.796. The van der Waals surface area contributed by atoms with Crippen LogP contribution in [0.4, 0.5) is 0 Å². The van der Waals surface area contributed by atoms with E-state index in [1.807, 2.05) is 4.90 Å². The number of carbonyl (C=O) groups excluding carboxylic acids is 1. The lowest BCUT2D eigenvalue weighted by Gasteiger charge is -2.42. The first kappa shape index (κ1) is 13.8. The fraction of sp³-hybridized carbons (Fsp3) is 0.929. The zero-order valence-electron chi connectivity index (χ0n) is 12.0. The highest BCUT2D eigenvalue weighted by Gasteiger charge is 2.36. The Balaban J connectivity index is 1.86. The van der Waals surface area contributed by atoms with Crippen molar-refractivity contribution in [3.63, 3.8) is 0 Å². The SMILES string of the molecule is CN1CCC(CC(=O)N2CCC(N)C(C)(C)C2)C1. The molecule has 2 aliphatic rings. The largest absolute Gasteiger partial charge is 0.342 e. The molecule has 2 rings (SSSR count). The van der Waals surface area contributed by atoms with E-state index >= 15 is 0 Å². The molecule has 0 aliphatic carbocycles. The lowest BCUT2D eigenvalue weighted by atomic mass is 9.79. The maximum absolute atomic E-state index is 12.3. The Morgan fingerprint density at radius 1 is 1.33 bits per heavy atom. The van der Waals surface area contributed by atoms with Crippen molar-refractivity contribution in [3.05, 3.63) is 0 Å². The molecule has 104 valence electrons. The summed E-state index contributed by atoms with van der Waals surface area (Å²) in [6.45, 7) is 8.19. The van der Waals surface area contributed by atoms with Crippen molar-refractivity contribution < 1.29 is 4.79 Å². The summed E-state index contributed by atoms with van der Waals surface area (Å²) in [5.74, 6) is 0.886. The Labute approximate surface area is 110 Å². The van der Waals surface area contributed by atoms with Gasteiger partial charge in [0.25, 0.3) is 0 Å². The van der Waals surface area contributed by atoms with E-state index in [1.54, 1.807) is 0 Å². The maximum Gasteiger partial charge on any atom is 0.222 e. The first-order chi connectivity index (χ1) is 8.38. The Morgan fingerprint density at radius 3 is 2.61 bits per heavy atom. The average Bonchev–Trinajstić information content (AvgIpc) is 2.68. The monoisotopic (exact) mass is 253 g/mol. The first-order valence-electron chi connectivity index (χ1n) is 7.10. The molecule has 0 saturated carbocycles. The number of piperidine rings is 1. The van der Waals surface area contributed by atoms with Crippen molar-refractivity contribution in [2.75, 3.05) is 33.2 Å². The Hall–Kier alpha value is -0.610. The predicted molar refractivity (Wildman–Crippen MR) is 73.2 cm³/mol. The van der Waals surface area contributed by atoms with Gasteiger partial charge >= 0.3 is 0 Å². The third kappa shape index (κ3) is 3.04. The molecule has 18 heavy (non-hydrogen) atoms. The van der Waals surface area contributed by atoms with Crippen LogP contribution in [0.3, 0.4) is 0 Å². The molecule has 0 aromatic rings. The van der Waals surface area contributed by atoms with Gasteiger partial charge in [-0.05, 0) is 37.8 Å². The third-order valence-corrected chi connectivity index (χ3v) is 4.62. The normalized spacial score (nSPS) is 32.8. The summed E-state index contributed by atoms with van der Waals surface area (Å²) in [6.07, 6.45) is 2.82. The molecular weight excluding hydrogens is 226 g/mol. The number of rotatable bonds is 2. The fourth-order valence-corrected chi connectivity index (χ4v) is 3.16. The van der Waals surface area contributed by atoms with Gasteiger partial charge in [-0.25, -0.2) is 0 Å². The molecule has 2 heterocycles. The summed E-state index contributed by atoms with van der Waals surface area (Å²) in [5.41, 5.74) is 6.17. The molecule has 1 amide bonds. The lowest BCUT2D eigenvalue weighted by Crippen LogP contribution is -2.54. The molecule has 2 N–H and O–H groups in total. The number of amides is 1. The second-order valence-electron chi connectivity index (χ2n) is 6.82. The highest BCUT2D eigenvalue weighted by Crippen LogP contribution is 2.29. The minimum Gasteiger partial charge on any atom is -0.342 e. The number of nitrogens with two attached hydrogens (primary N) is 1. The van der Waals surface area contributed by atoms with Gasteiger partial charge in [-0.2, -0.15) is 0 Å². The second kappa shape index (κ2) is 5.17. The smallest absolute Gasteiger partial charge is 0.222 e. The summed E-state index contributed by atoms with van der Waals surface area (Å²) >= 11 is 0. The van der Waals surface area contributed by atoms with Gasteiger partial charge < -0.3 is 15.5 Å². The molecule has 2 atom stereocenters. The van der Waals surface area contributed by atoms with Crippen LogP contribution in [-0.2, 0) is 4.79 Å². The van der Waals surface area contributed by atoms with E-state index < -0.39 is 0 Å². The summed E-state index contributed by atoms with van der Waals surface area (Å²) in [7, 11) is 2.13. The van der Waals surface area contributed by atoms with Crippen LogP contribution in [0.25, 0.3) is 0 Å². The lowest BCUT2D eigenvalue weighted by molar-refractivity contribution is -0.135. The molecule has 0 aromatic heterocycles. The Morgan fingerprint density at radius 2 is 2.06 bits per heavy atom. The predicted octanol–water partition coefficient (Wildman–Crippen LogP) is 0.914. The van der Waals surface area contributed by atoms with Gasteiger partial charge in [0.2, 0.25) is 5.91 Å². The molecule has 2 unspecified atom stereocenters. The number of hydrogen-bond donors (Lipinski definition) is 1. The molecule has 2 aliphatic heterocycles. The molecule has 2 fully saturated rings. The van der Waals surface area contributed by atoms with Crippen molar-refractivity contribution in [1.82, 2.24) is 9.80 Å². The Kier molecular flexibility index (Phi) is 3.97. The minimum atomic E-state index is 0.0559. The zero-order valence-corrected chi connectivity index (χ0v) is 12.0. The van der Waals surface area contributed by atoms with Crippen LogP contribution in [0, 0.1) is 11.3 Å². The van der Waals surface area contributed by atoms with Gasteiger partial charge in [0.15, 0.2) is 0 Å². The number of nitrogens with zero attached hydrogens (tertiary/aromatic N) is 2. The standard InChI is InChI=1S/C14H27N3O/c1-14(2)10-17(7-5-12(14)15)13(18)8-11-4-6-16(3)9-11/h11-12H,4-10,15H2,1-3H3. The number of carbonyl (C=O) groups is 1. The van der Waals surface area contributed by atoms with E-state index in [4.69, 9.17) is 5.73 Å². The Bertz CT molecular complexity index is 316. The van der Waals surface area contributed by atoms with Gasteiger partial charge in [-0.3, -0.25) is 4.79 Å². The zero-order chi connectivity index (χ0) is 13.3. The maximum atomic E-state index is 12.3. The van der Waals surface area contributed by atoms with Crippen LogP contribution in [0.2, 0.25) is 0 Å². The van der Waals surface area contributed by atoms with Crippen LogP contribution in [0.15, 0.2) is 0 Å². The summed E-state index contributed by atoms with van der Waals surface area (Å²) < 4.78 is 0. The highest BCUT2D eigenvalue weighted by molar-refractivity contribution is 5.76. The van der Waals surface area contributed by atoms with E-state index in [1.165, 1.54) is 6.42 Å². The molecule has 2 saturated heterocycles. The van der Waals surface area contributed by atoms with Crippen LogP contribution < -0.4 is 5.73 Å². The van der Waals surface area contributed by atoms with E-state index in [0.29, 0.717) is 11.8 Å². The van der Waals surface area contributed by atoms with Crippen LogP contribution in [0.1, 0.15) is 33.1 Å².